The zero-order valence-corrected chi connectivity index (χ0v) is 11.6. The van der Waals surface area contributed by atoms with Crippen molar-refractivity contribution < 1.29 is 4.79 Å². The van der Waals surface area contributed by atoms with E-state index in [4.69, 9.17) is 0 Å². The molecule has 3 rings (SSSR count). The number of carbonyl (C=O) groups is 1. The third-order valence-electron chi connectivity index (χ3n) is 4.31. The number of hydrogen-bond donors (Lipinski definition) is 1. The Morgan fingerprint density at radius 3 is 2.79 bits per heavy atom. The molecule has 1 aromatic heterocycles. The second-order valence-corrected chi connectivity index (χ2v) is 5.81. The number of amides is 1. The second kappa shape index (κ2) is 5.37. The van der Waals surface area contributed by atoms with Crippen molar-refractivity contribution in [1.82, 2.24) is 14.8 Å². The standard InChI is InChI=1S/C15H23N3O/c1-16-15(12-4-5-12)13-6-9-17(10-13)11-14(19)18-7-2-3-8-18/h6,9-10,12,15-16H,2-5,7-8,11H2,1H3. The highest BCUT2D eigenvalue weighted by Crippen LogP contribution is 2.40. The van der Waals surface area contributed by atoms with Crippen LogP contribution in [0, 0.1) is 5.92 Å². The number of likely N-dealkylation sites (tertiary alicyclic amines) is 1. The van der Waals surface area contributed by atoms with E-state index in [1.54, 1.807) is 0 Å². The lowest BCUT2D eigenvalue weighted by atomic mass is 10.1. The molecule has 1 saturated carbocycles. The zero-order chi connectivity index (χ0) is 13.2. The summed E-state index contributed by atoms with van der Waals surface area (Å²) in [5.41, 5.74) is 1.32. The van der Waals surface area contributed by atoms with Crippen LogP contribution in [-0.2, 0) is 11.3 Å². The highest BCUT2D eigenvalue weighted by Gasteiger charge is 2.31. The van der Waals surface area contributed by atoms with E-state index >= 15 is 0 Å². The summed E-state index contributed by atoms with van der Waals surface area (Å²) in [5, 5.41) is 3.39. The quantitative estimate of drug-likeness (QED) is 0.877. The first kappa shape index (κ1) is 12.7. The molecule has 1 aromatic rings. The molecule has 1 atom stereocenters. The van der Waals surface area contributed by atoms with E-state index in [0.717, 1.165) is 31.8 Å². The van der Waals surface area contributed by atoms with Gasteiger partial charge in [0.15, 0.2) is 0 Å². The molecule has 0 radical (unpaired) electrons. The van der Waals surface area contributed by atoms with E-state index in [-0.39, 0.29) is 5.91 Å². The average molecular weight is 261 g/mol. The van der Waals surface area contributed by atoms with Crippen molar-refractivity contribution in [3.8, 4) is 0 Å². The second-order valence-electron chi connectivity index (χ2n) is 5.81. The third kappa shape index (κ3) is 2.84. The topological polar surface area (TPSA) is 37.3 Å². The van der Waals surface area contributed by atoms with Crippen molar-refractivity contribution >= 4 is 5.91 Å². The Morgan fingerprint density at radius 2 is 2.16 bits per heavy atom. The van der Waals surface area contributed by atoms with Gasteiger partial charge in [-0.15, -0.1) is 0 Å². The lowest BCUT2D eigenvalue weighted by Gasteiger charge is -2.16. The summed E-state index contributed by atoms with van der Waals surface area (Å²) in [6.07, 6.45) is 9.13. The van der Waals surface area contributed by atoms with Gasteiger partial charge in [-0.25, -0.2) is 0 Å². The predicted octanol–water partition coefficient (Wildman–Crippen LogP) is 1.78. The molecular formula is C15H23N3O. The number of hydrogen-bond acceptors (Lipinski definition) is 2. The van der Waals surface area contributed by atoms with Gasteiger partial charge in [0.1, 0.15) is 6.54 Å². The molecule has 2 heterocycles. The van der Waals surface area contributed by atoms with Crippen LogP contribution in [0.1, 0.15) is 37.3 Å². The lowest BCUT2D eigenvalue weighted by molar-refractivity contribution is -0.130. The third-order valence-corrected chi connectivity index (χ3v) is 4.31. The molecule has 1 aliphatic carbocycles. The first-order valence-electron chi connectivity index (χ1n) is 7.38. The molecule has 1 N–H and O–H groups in total. The van der Waals surface area contributed by atoms with Gasteiger partial charge >= 0.3 is 0 Å². The summed E-state index contributed by atoms with van der Waals surface area (Å²) in [6.45, 7) is 2.36. The van der Waals surface area contributed by atoms with E-state index in [2.05, 4.69) is 17.6 Å². The van der Waals surface area contributed by atoms with E-state index in [1.807, 2.05) is 22.7 Å². The van der Waals surface area contributed by atoms with Gasteiger partial charge < -0.3 is 14.8 Å². The fraction of sp³-hybridized carbons (Fsp3) is 0.667. The maximum Gasteiger partial charge on any atom is 0.242 e. The molecule has 1 saturated heterocycles. The summed E-state index contributed by atoms with van der Waals surface area (Å²) in [5.74, 6) is 1.04. The van der Waals surface area contributed by atoms with Gasteiger partial charge in [0.05, 0.1) is 0 Å². The largest absolute Gasteiger partial charge is 0.345 e. The minimum absolute atomic E-state index is 0.257. The Bertz CT molecular complexity index is 444. The van der Waals surface area contributed by atoms with Crippen LogP contribution in [-0.4, -0.2) is 35.5 Å². The van der Waals surface area contributed by atoms with Crippen molar-refractivity contribution in [3.05, 3.63) is 24.0 Å². The van der Waals surface area contributed by atoms with Crippen LogP contribution in [0.2, 0.25) is 0 Å². The van der Waals surface area contributed by atoms with Crippen molar-refractivity contribution in [2.75, 3.05) is 20.1 Å². The summed E-state index contributed by atoms with van der Waals surface area (Å²) in [4.78, 5) is 14.1. The minimum atomic E-state index is 0.257. The maximum atomic E-state index is 12.1. The van der Waals surface area contributed by atoms with E-state index in [1.165, 1.54) is 18.4 Å². The van der Waals surface area contributed by atoms with Gasteiger partial charge in [-0.1, -0.05) is 0 Å². The van der Waals surface area contributed by atoms with Crippen LogP contribution in [0.25, 0.3) is 0 Å². The van der Waals surface area contributed by atoms with Crippen molar-refractivity contribution in [2.45, 2.75) is 38.3 Å². The molecule has 4 heteroatoms. The van der Waals surface area contributed by atoms with Crippen LogP contribution in [0.15, 0.2) is 18.5 Å². The molecule has 104 valence electrons. The molecule has 1 aliphatic heterocycles. The monoisotopic (exact) mass is 261 g/mol. The summed E-state index contributed by atoms with van der Waals surface area (Å²) in [7, 11) is 2.02. The number of rotatable bonds is 5. The molecule has 2 aliphatic rings. The molecule has 1 amide bonds. The van der Waals surface area contributed by atoms with Gasteiger partial charge in [0.2, 0.25) is 5.91 Å². The fourth-order valence-electron chi connectivity index (χ4n) is 3.07. The fourth-order valence-corrected chi connectivity index (χ4v) is 3.07. The van der Waals surface area contributed by atoms with E-state index in [0.29, 0.717) is 12.6 Å². The first-order chi connectivity index (χ1) is 9.28. The zero-order valence-electron chi connectivity index (χ0n) is 11.6. The summed E-state index contributed by atoms with van der Waals surface area (Å²) >= 11 is 0. The molecule has 19 heavy (non-hydrogen) atoms. The Labute approximate surface area is 114 Å². The Morgan fingerprint density at radius 1 is 1.42 bits per heavy atom. The highest BCUT2D eigenvalue weighted by atomic mass is 16.2. The van der Waals surface area contributed by atoms with Crippen molar-refractivity contribution in [3.63, 3.8) is 0 Å². The smallest absolute Gasteiger partial charge is 0.242 e. The SMILES string of the molecule is CNC(c1ccn(CC(=O)N2CCCC2)c1)C1CC1. The van der Waals surface area contributed by atoms with Gasteiger partial charge in [-0.05, 0) is 50.3 Å². The average Bonchev–Trinajstić information content (AvgIpc) is 2.93. The van der Waals surface area contributed by atoms with Crippen molar-refractivity contribution in [2.24, 2.45) is 5.92 Å². The van der Waals surface area contributed by atoms with Crippen LogP contribution in [0.3, 0.4) is 0 Å². The van der Waals surface area contributed by atoms with Crippen LogP contribution in [0.4, 0.5) is 0 Å². The van der Waals surface area contributed by atoms with Crippen LogP contribution in [0.5, 0.6) is 0 Å². The van der Waals surface area contributed by atoms with E-state index < -0.39 is 0 Å². The highest BCUT2D eigenvalue weighted by molar-refractivity contribution is 5.76. The number of nitrogens with one attached hydrogen (secondary N) is 1. The Balaban J connectivity index is 1.62. The minimum Gasteiger partial charge on any atom is -0.345 e. The lowest BCUT2D eigenvalue weighted by Crippen LogP contribution is -2.30. The summed E-state index contributed by atoms with van der Waals surface area (Å²) < 4.78 is 2.03. The molecular weight excluding hydrogens is 238 g/mol. The number of aromatic nitrogens is 1. The Kier molecular flexibility index (Phi) is 3.60. The molecule has 0 bridgehead atoms. The number of nitrogens with zero attached hydrogens (tertiary/aromatic N) is 2. The number of carbonyl (C=O) groups excluding carboxylic acids is 1. The van der Waals surface area contributed by atoms with Crippen molar-refractivity contribution in [1.29, 1.82) is 0 Å². The van der Waals surface area contributed by atoms with Gasteiger partial charge in [0, 0.05) is 31.5 Å². The molecule has 0 aromatic carbocycles. The van der Waals surface area contributed by atoms with Gasteiger partial charge in [0.25, 0.3) is 0 Å². The normalized spacial score (nSPS) is 20.8. The molecule has 0 spiro atoms. The van der Waals surface area contributed by atoms with Crippen LogP contribution < -0.4 is 5.32 Å². The van der Waals surface area contributed by atoms with Crippen LogP contribution >= 0.6 is 0 Å². The maximum absolute atomic E-state index is 12.1. The Hall–Kier alpha value is -1.29. The van der Waals surface area contributed by atoms with Gasteiger partial charge in [-0.3, -0.25) is 4.79 Å². The predicted molar refractivity (Wildman–Crippen MR) is 74.8 cm³/mol. The van der Waals surface area contributed by atoms with E-state index in [9.17, 15) is 4.79 Å². The molecule has 4 nitrogen and oxygen atoms in total. The van der Waals surface area contributed by atoms with Gasteiger partial charge in [-0.2, -0.15) is 0 Å². The molecule has 1 unspecified atom stereocenters. The molecule has 2 fully saturated rings. The summed E-state index contributed by atoms with van der Waals surface area (Å²) in [6, 6.07) is 2.61. The first-order valence-corrected chi connectivity index (χ1v) is 7.38.